The fourth-order valence-corrected chi connectivity index (χ4v) is 4.96. The summed E-state index contributed by atoms with van der Waals surface area (Å²) in [7, 11) is 0. The van der Waals surface area contributed by atoms with Crippen molar-refractivity contribution in [3.63, 3.8) is 0 Å². The average molecular weight is 420 g/mol. The Balaban J connectivity index is 1.67. The molecule has 0 bridgehead atoms. The maximum Gasteiger partial charge on any atom is 0.410 e. The standard InChI is InChI=1S/C19H22FN5O3S/c1-3-28-19(27)24-9-7-23(8-10-24)15(13-5-4-6-14(20)11-13)16-17(26)25-18(29-16)21-12(2)22-25/h4-6,11,15,26H,3,7-10H2,1-2H3/p+1/t15-/m0/s1. The van der Waals surface area contributed by atoms with Crippen LogP contribution in [0.1, 0.15) is 29.2 Å². The molecular weight excluding hydrogens is 397 g/mol. The number of carbonyl (C=O) groups is 1. The van der Waals surface area contributed by atoms with E-state index in [4.69, 9.17) is 4.74 Å². The smallest absolute Gasteiger partial charge is 0.410 e. The number of piperazine rings is 1. The van der Waals surface area contributed by atoms with Crippen molar-refractivity contribution >= 4 is 22.4 Å². The molecule has 1 aliphatic heterocycles. The van der Waals surface area contributed by atoms with Gasteiger partial charge in [0.1, 0.15) is 16.5 Å². The molecule has 10 heteroatoms. The Morgan fingerprint density at radius 2 is 2.17 bits per heavy atom. The predicted octanol–water partition coefficient (Wildman–Crippen LogP) is 1.39. The first-order chi connectivity index (χ1) is 14.0. The normalized spacial score (nSPS) is 16.3. The maximum atomic E-state index is 14.0. The molecule has 1 saturated heterocycles. The van der Waals surface area contributed by atoms with Crippen LogP contribution >= 0.6 is 11.3 Å². The number of aromatic nitrogens is 3. The molecule has 3 heterocycles. The molecule has 1 atom stereocenters. The summed E-state index contributed by atoms with van der Waals surface area (Å²) in [5.41, 5.74) is 0.765. The van der Waals surface area contributed by atoms with Crippen LogP contribution in [-0.4, -0.2) is 63.5 Å². The molecule has 0 aliphatic carbocycles. The van der Waals surface area contributed by atoms with E-state index in [0.29, 0.717) is 48.4 Å². The first-order valence-corrected chi connectivity index (χ1v) is 10.4. The van der Waals surface area contributed by atoms with Gasteiger partial charge in [0, 0.05) is 5.56 Å². The first kappa shape index (κ1) is 19.6. The van der Waals surface area contributed by atoms with Crippen LogP contribution in [-0.2, 0) is 4.74 Å². The number of quaternary nitrogens is 1. The van der Waals surface area contributed by atoms with Gasteiger partial charge in [-0.1, -0.05) is 23.5 Å². The van der Waals surface area contributed by atoms with Gasteiger partial charge in [-0.15, -0.1) is 5.10 Å². The second-order valence-electron chi connectivity index (χ2n) is 6.98. The molecule has 3 aromatic rings. The van der Waals surface area contributed by atoms with E-state index in [1.54, 1.807) is 24.8 Å². The summed E-state index contributed by atoms with van der Waals surface area (Å²) in [5, 5.41) is 15.1. The SMILES string of the molecule is CCOC(=O)N1CC[NH+]([C@@H](c2cccc(F)c2)c2sc3nc(C)nn3c2O)CC1. The summed E-state index contributed by atoms with van der Waals surface area (Å²) >= 11 is 1.35. The second kappa shape index (κ2) is 7.96. The third kappa shape index (κ3) is 3.77. The molecule has 0 radical (unpaired) electrons. The number of amides is 1. The van der Waals surface area contributed by atoms with E-state index in [9.17, 15) is 14.3 Å². The summed E-state index contributed by atoms with van der Waals surface area (Å²) in [6.07, 6.45) is -0.314. The Morgan fingerprint density at radius 1 is 1.41 bits per heavy atom. The molecule has 0 unspecified atom stereocenters. The van der Waals surface area contributed by atoms with E-state index < -0.39 is 0 Å². The Kier molecular flexibility index (Phi) is 5.37. The van der Waals surface area contributed by atoms with Crippen LogP contribution in [0.25, 0.3) is 4.96 Å². The molecule has 2 aromatic heterocycles. The minimum atomic E-state index is -0.327. The number of nitrogens with zero attached hydrogens (tertiary/aromatic N) is 4. The Bertz CT molecular complexity index is 1030. The van der Waals surface area contributed by atoms with Crippen molar-refractivity contribution in [3.05, 3.63) is 46.3 Å². The van der Waals surface area contributed by atoms with Crippen LogP contribution in [0.2, 0.25) is 0 Å². The van der Waals surface area contributed by atoms with E-state index in [-0.39, 0.29) is 23.8 Å². The molecule has 0 saturated carbocycles. The number of rotatable bonds is 4. The van der Waals surface area contributed by atoms with Gasteiger partial charge >= 0.3 is 6.09 Å². The summed E-state index contributed by atoms with van der Waals surface area (Å²) in [5.74, 6) is 0.280. The number of fused-ring (bicyclic) bond motifs is 1. The van der Waals surface area contributed by atoms with Gasteiger partial charge in [-0.05, 0) is 26.0 Å². The van der Waals surface area contributed by atoms with Crippen molar-refractivity contribution in [2.24, 2.45) is 0 Å². The lowest BCUT2D eigenvalue weighted by atomic mass is 10.0. The molecule has 1 aliphatic rings. The van der Waals surface area contributed by atoms with Crippen LogP contribution in [0.4, 0.5) is 9.18 Å². The second-order valence-corrected chi connectivity index (χ2v) is 7.98. The van der Waals surface area contributed by atoms with Gasteiger partial charge in [-0.2, -0.15) is 4.52 Å². The number of benzene rings is 1. The average Bonchev–Trinajstić information content (AvgIpc) is 3.20. The molecular formula is C19H23FN5O3S+. The third-order valence-electron chi connectivity index (χ3n) is 5.09. The van der Waals surface area contributed by atoms with Crippen LogP contribution in [0.5, 0.6) is 5.88 Å². The van der Waals surface area contributed by atoms with Gasteiger partial charge < -0.3 is 14.7 Å². The molecule has 4 rings (SSSR count). The Hall–Kier alpha value is -2.72. The number of ether oxygens (including phenoxy) is 1. The van der Waals surface area contributed by atoms with E-state index in [0.717, 1.165) is 10.5 Å². The zero-order chi connectivity index (χ0) is 20.5. The van der Waals surface area contributed by atoms with Crippen molar-refractivity contribution in [2.45, 2.75) is 19.9 Å². The highest BCUT2D eigenvalue weighted by Gasteiger charge is 2.36. The van der Waals surface area contributed by atoms with Gasteiger partial charge in [0.2, 0.25) is 10.8 Å². The minimum Gasteiger partial charge on any atom is -0.492 e. The maximum absolute atomic E-state index is 14.0. The first-order valence-electron chi connectivity index (χ1n) is 9.54. The highest BCUT2D eigenvalue weighted by Crippen LogP contribution is 2.35. The fraction of sp³-hybridized carbons (Fsp3) is 0.421. The summed E-state index contributed by atoms with van der Waals surface area (Å²) < 4.78 is 20.5. The zero-order valence-corrected chi connectivity index (χ0v) is 17.1. The monoisotopic (exact) mass is 420 g/mol. The number of hydrogen-bond donors (Lipinski definition) is 2. The van der Waals surface area contributed by atoms with Crippen molar-refractivity contribution in [3.8, 4) is 5.88 Å². The highest BCUT2D eigenvalue weighted by molar-refractivity contribution is 7.17. The summed E-state index contributed by atoms with van der Waals surface area (Å²) in [6, 6.07) is 6.14. The Morgan fingerprint density at radius 3 is 2.83 bits per heavy atom. The quantitative estimate of drug-likeness (QED) is 0.667. The number of nitrogens with one attached hydrogen (secondary N) is 1. The molecule has 1 fully saturated rings. The van der Waals surface area contributed by atoms with Gasteiger partial charge in [-0.25, -0.2) is 14.2 Å². The third-order valence-corrected chi connectivity index (χ3v) is 6.17. The highest BCUT2D eigenvalue weighted by atomic mass is 32.1. The van der Waals surface area contributed by atoms with Crippen LogP contribution < -0.4 is 4.90 Å². The van der Waals surface area contributed by atoms with Crippen molar-refractivity contribution < 1.29 is 23.9 Å². The van der Waals surface area contributed by atoms with Gasteiger partial charge in [0.15, 0.2) is 6.04 Å². The number of thiazole rings is 1. The molecule has 1 aromatic carbocycles. The van der Waals surface area contributed by atoms with Gasteiger partial charge in [0.25, 0.3) is 0 Å². The van der Waals surface area contributed by atoms with E-state index in [1.807, 2.05) is 6.07 Å². The van der Waals surface area contributed by atoms with E-state index >= 15 is 0 Å². The van der Waals surface area contributed by atoms with E-state index in [1.165, 1.54) is 28.0 Å². The summed E-state index contributed by atoms with van der Waals surface area (Å²) in [6.45, 7) is 6.24. The minimum absolute atomic E-state index is 0.0279. The van der Waals surface area contributed by atoms with Gasteiger partial charge in [0.05, 0.1) is 32.8 Å². The zero-order valence-electron chi connectivity index (χ0n) is 16.3. The molecule has 1 amide bonds. The van der Waals surface area contributed by atoms with Crippen molar-refractivity contribution in [2.75, 3.05) is 32.8 Å². The number of aryl methyl sites for hydroxylation is 1. The number of halogens is 1. The fourth-order valence-electron chi connectivity index (χ4n) is 3.77. The molecule has 154 valence electrons. The Labute approximate surface area is 171 Å². The van der Waals surface area contributed by atoms with Crippen molar-refractivity contribution in [1.82, 2.24) is 19.5 Å². The van der Waals surface area contributed by atoms with Gasteiger partial charge in [-0.3, -0.25) is 4.90 Å². The molecule has 2 N–H and O–H groups in total. The van der Waals surface area contributed by atoms with Crippen LogP contribution in [0, 0.1) is 12.7 Å². The molecule has 0 spiro atoms. The van der Waals surface area contributed by atoms with Crippen LogP contribution in [0.15, 0.2) is 24.3 Å². The lowest BCUT2D eigenvalue weighted by Gasteiger charge is -2.35. The summed E-state index contributed by atoms with van der Waals surface area (Å²) in [4.78, 5) is 20.5. The van der Waals surface area contributed by atoms with Crippen molar-refractivity contribution in [1.29, 1.82) is 0 Å². The lowest BCUT2D eigenvalue weighted by molar-refractivity contribution is -0.929. The molecule has 8 nitrogen and oxygen atoms in total. The predicted molar refractivity (Wildman–Crippen MR) is 105 cm³/mol. The molecule has 29 heavy (non-hydrogen) atoms. The topological polar surface area (TPSA) is 84.4 Å². The number of carbonyl (C=O) groups excluding carboxylic acids is 1. The van der Waals surface area contributed by atoms with E-state index in [2.05, 4.69) is 10.1 Å². The number of aromatic hydroxyl groups is 1. The number of hydrogen-bond acceptors (Lipinski definition) is 6. The van der Waals surface area contributed by atoms with Crippen LogP contribution in [0.3, 0.4) is 0 Å². The largest absolute Gasteiger partial charge is 0.492 e. The lowest BCUT2D eigenvalue weighted by Crippen LogP contribution is -3.15.